The van der Waals surface area contributed by atoms with Crippen LogP contribution in [0.5, 0.6) is 5.75 Å². The number of hydrogen-bond donors (Lipinski definition) is 3. The van der Waals surface area contributed by atoms with E-state index in [9.17, 15) is 14.7 Å². The molecule has 2 aliphatic rings. The third kappa shape index (κ3) is 3.36. The molecular weight excluding hydrogens is 429 g/mol. The summed E-state index contributed by atoms with van der Waals surface area (Å²) in [6, 6.07) is 0.0582. The lowest BCUT2D eigenvalue weighted by Gasteiger charge is -2.26. The number of anilines is 1. The number of nitrogens with zero attached hydrogens (tertiary/aromatic N) is 3. The van der Waals surface area contributed by atoms with Crippen LogP contribution < -0.4 is 20.8 Å². The number of halogens is 1. The Balaban J connectivity index is 1.68. The number of carboxylic acids is 1. The molecule has 2 fully saturated rings. The Morgan fingerprint density at radius 2 is 2.15 bits per heavy atom. The summed E-state index contributed by atoms with van der Waals surface area (Å²) < 4.78 is 23.3. The molecule has 2 aromatic heterocycles. The Kier molecular flexibility index (Phi) is 5.12. The molecule has 1 saturated heterocycles. The molecule has 0 radical (unpaired) electrons. The maximum absolute atomic E-state index is 15.8. The second-order valence-electron chi connectivity index (χ2n) is 8.77. The lowest BCUT2D eigenvalue weighted by molar-refractivity contribution is 0.0695. The summed E-state index contributed by atoms with van der Waals surface area (Å²) in [5.74, 6) is -0.818. The van der Waals surface area contributed by atoms with Gasteiger partial charge in [0.2, 0.25) is 5.43 Å². The highest BCUT2D eigenvalue weighted by Gasteiger charge is 2.35. The van der Waals surface area contributed by atoms with Gasteiger partial charge in [-0.25, -0.2) is 14.2 Å². The van der Waals surface area contributed by atoms with E-state index in [0.717, 1.165) is 25.0 Å². The number of rotatable bonds is 6. The molecule has 1 aliphatic carbocycles. The van der Waals surface area contributed by atoms with Crippen LogP contribution in [0.15, 0.2) is 17.2 Å². The lowest BCUT2D eigenvalue weighted by atomic mass is 10.0. The van der Waals surface area contributed by atoms with Gasteiger partial charge in [0.1, 0.15) is 17.1 Å². The molecule has 3 heterocycles. The van der Waals surface area contributed by atoms with Crippen molar-refractivity contribution in [1.82, 2.24) is 14.5 Å². The quantitative estimate of drug-likeness (QED) is 0.522. The van der Waals surface area contributed by atoms with E-state index in [1.165, 1.54) is 20.2 Å². The van der Waals surface area contributed by atoms with E-state index in [2.05, 4.69) is 9.97 Å². The number of aryl methyl sites for hydroxylation is 1. The number of pyridine rings is 1. The molecule has 1 unspecified atom stereocenters. The van der Waals surface area contributed by atoms with Crippen LogP contribution in [0.25, 0.3) is 10.9 Å². The maximum Gasteiger partial charge on any atom is 0.341 e. The SMILES string of the molecule is COc1c(N2CCC(c3c[nH]c(CN)n3)C2)c(F)c(C)c2c(=O)c(C(=O)O)cn(C3CC3)c12. The van der Waals surface area contributed by atoms with Gasteiger partial charge < -0.3 is 30.0 Å². The summed E-state index contributed by atoms with van der Waals surface area (Å²) in [5.41, 5.74) is 6.38. The summed E-state index contributed by atoms with van der Waals surface area (Å²) in [6.45, 7) is 2.97. The van der Waals surface area contributed by atoms with E-state index in [4.69, 9.17) is 10.5 Å². The van der Waals surface area contributed by atoms with E-state index >= 15 is 4.39 Å². The van der Waals surface area contributed by atoms with Crippen molar-refractivity contribution in [1.29, 1.82) is 0 Å². The molecule has 1 aromatic carbocycles. The molecular formula is C23H26FN5O4. The topological polar surface area (TPSA) is 126 Å². The number of carbonyl (C=O) groups is 1. The number of aromatic carboxylic acids is 1. The molecule has 174 valence electrons. The minimum atomic E-state index is -1.32. The fourth-order valence-corrected chi connectivity index (χ4v) is 4.88. The molecule has 33 heavy (non-hydrogen) atoms. The summed E-state index contributed by atoms with van der Waals surface area (Å²) in [6.07, 6.45) is 5.72. The van der Waals surface area contributed by atoms with Gasteiger partial charge in [0, 0.05) is 43.0 Å². The van der Waals surface area contributed by atoms with Crippen molar-refractivity contribution in [2.75, 3.05) is 25.1 Å². The summed E-state index contributed by atoms with van der Waals surface area (Å²) in [7, 11) is 1.45. The van der Waals surface area contributed by atoms with Crippen molar-refractivity contribution in [2.45, 2.75) is 44.7 Å². The van der Waals surface area contributed by atoms with Gasteiger partial charge in [-0.05, 0) is 26.2 Å². The van der Waals surface area contributed by atoms with Crippen LogP contribution in [-0.4, -0.2) is 45.8 Å². The third-order valence-electron chi connectivity index (χ3n) is 6.72. The van der Waals surface area contributed by atoms with Gasteiger partial charge in [-0.15, -0.1) is 0 Å². The number of fused-ring (bicyclic) bond motifs is 1. The number of methoxy groups -OCH3 is 1. The molecule has 1 aliphatic heterocycles. The number of imidazole rings is 1. The Morgan fingerprint density at radius 1 is 1.39 bits per heavy atom. The van der Waals surface area contributed by atoms with Gasteiger partial charge >= 0.3 is 5.97 Å². The zero-order chi connectivity index (χ0) is 23.4. The summed E-state index contributed by atoms with van der Waals surface area (Å²) in [4.78, 5) is 34.3. The molecule has 9 nitrogen and oxygen atoms in total. The van der Waals surface area contributed by atoms with Gasteiger partial charge in [0.25, 0.3) is 0 Å². The second kappa shape index (κ2) is 7.87. The Bertz CT molecular complexity index is 1330. The van der Waals surface area contributed by atoms with Crippen LogP contribution in [0, 0.1) is 12.7 Å². The van der Waals surface area contributed by atoms with E-state index in [-0.39, 0.29) is 34.2 Å². The molecule has 0 bridgehead atoms. The van der Waals surface area contributed by atoms with Crippen LogP contribution in [0.2, 0.25) is 0 Å². The van der Waals surface area contributed by atoms with E-state index in [0.29, 0.717) is 36.7 Å². The van der Waals surface area contributed by atoms with Crippen molar-refractivity contribution >= 4 is 22.6 Å². The number of H-pyrrole nitrogens is 1. The molecule has 3 aromatic rings. The fourth-order valence-electron chi connectivity index (χ4n) is 4.88. The first-order valence-electron chi connectivity index (χ1n) is 11.0. The van der Waals surface area contributed by atoms with Crippen LogP contribution in [0.1, 0.15) is 58.7 Å². The Labute approximate surface area is 189 Å². The predicted octanol–water partition coefficient (Wildman–Crippen LogP) is 2.67. The third-order valence-corrected chi connectivity index (χ3v) is 6.72. The van der Waals surface area contributed by atoms with Crippen LogP contribution >= 0.6 is 0 Å². The molecule has 1 saturated carbocycles. The number of nitrogens with one attached hydrogen (secondary N) is 1. The van der Waals surface area contributed by atoms with Crippen molar-refractivity contribution in [2.24, 2.45) is 5.73 Å². The predicted molar refractivity (Wildman–Crippen MR) is 121 cm³/mol. The number of carboxylic acid groups (broad SMARTS) is 1. The van der Waals surface area contributed by atoms with Crippen molar-refractivity contribution in [3.8, 4) is 5.75 Å². The highest BCUT2D eigenvalue weighted by atomic mass is 19.1. The summed E-state index contributed by atoms with van der Waals surface area (Å²) in [5, 5.41) is 9.63. The van der Waals surface area contributed by atoms with Gasteiger partial charge in [-0.3, -0.25) is 4.79 Å². The number of benzene rings is 1. The number of ether oxygens (including phenoxy) is 1. The minimum Gasteiger partial charge on any atom is -0.492 e. The van der Waals surface area contributed by atoms with E-state index < -0.39 is 17.2 Å². The van der Waals surface area contributed by atoms with Crippen molar-refractivity contribution in [3.63, 3.8) is 0 Å². The average Bonchev–Trinajstić information content (AvgIpc) is 3.32. The first-order chi connectivity index (χ1) is 15.8. The average molecular weight is 455 g/mol. The molecule has 0 spiro atoms. The monoisotopic (exact) mass is 455 g/mol. The number of nitrogens with two attached hydrogens (primary N) is 1. The molecule has 0 amide bonds. The fraction of sp³-hybridized carbons (Fsp3) is 0.435. The number of aromatic nitrogens is 3. The highest BCUT2D eigenvalue weighted by Crippen LogP contribution is 2.46. The first-order valence-corrected chi connectivity index (χ1v) is 11.0. The normalized spacial score (nSPS) is 18.3. The summed E-state index contributed by atoms with van der Waals surface area (Å²) >= 11 is 0. The van der Waals surface area contributed by atoms with Gasteiger partial charge in [0.05, 0.1) is 30.3 Å². The molecule has 4 N–H and O–H groups in total. The van der Waals surface area contributed by atoms with Crippen LogP contribution in [0.3, 0.4) is 0 Å². The van der Waals surface area contributed by atoms with Crippen molar-refractivity contribution < 1.29 is 19.0 Å². The maximum atomic E-state index is 15.8. The molecule has 5 rings (SSSR count). The lowest BCUT2D eigenvalue weighted by Crippen LogP contribution is -2.25. The standard InChI is InChI=1S/C23H26FN5O4/c1-11-17-19(29(13-3-4-13)10-14(21(17)30)23(31)32)22(33-2)20(18(11)24)28-6-5-12(9-28)15-8-26-16(7-25)27-15/h8,10,12-13H,3-7,9,25H2,1-2H3,(H,26,27)(H,31,32). The molecule has 10 heteroatoms. The zero-order valence-electron chi connectivity index (χ0n) is 18.5. The zero-order valence-corrected chi connectivity index (χ0v) is 18.5. The largest absolute Gasteiger partial charge is 0.492 e. The number of hydrogen-bond acceptors (Lipinski definition) is 6. The smallest absolute Gasteiger partial charge is 0.341 e. The number of aromatic amines is 1. The van der Waals surface area contributed by atoms with Crippen molar-refractivity contribution in [3.05, 3.63) is 51.1 Å². The van der Waals surface area contributed by atoms with Gasteiger partial charge in [-0.2, -0.15) is 0 Å². The first kappa shape index (κ1) is 21.4. The van der Waals surface area contributed by atoms with Gasteiger partial charge in [-0.1, -0.05) is 0 Å². The Hall–Kier alpha value is -3.40. The minimum absolute atomic E-state index is 0.0582. The highest BCUT2D eigenvalue weighted by molar-refractivity contribution is 5.99. The van der Waals surface area contributed by atoms with Crippen LogP contribution in [0.4, 0.5) is 10.1 Å². The van der Waals surface area contributed by atoms with Gasteiger partial charge in [0.15, 0.2) is 11.6 Å². The molecule has 1 atom stereocenters. The second-order valence-corrected chi connectivity index (χ2v) is 8.77. The Morgan fingerprint density at radius 3 is 2.76 bits per heavy atom. The van der Waals surface area contributed by atoms with E-state index in [1.54, 1.807) is 4.57 Å². The van der Waals surface area contributed by atoms with E-state index in [1.807, 2.05) is 11.1 Å². The van der Waals surface area contributed by atoms with Crippen LogP contribution in [-0.2, 0) is 6.54 Å².